The van der Waals surface area contributed by atoms with Gasteiger partial charge in [0, 0.05) is 25.4 Å². The molecule has 2 unspecified atom stereocenters. The number of anilines is 2. The largest absolute Gasteiger partial charge is 0.480 e. The first kappa shape index (κ1) is 30.0. The standard InChI is InChI=1S/C26H29F3N8O3S/c1-14-21(35-18(12-38)30-10-16-6-9-19(31-11-16)41(5)39)24(37(3)15(2)26(27,28)29)36-23(34-14)20-22(17-7-8-17)32-13-33-25(20)40-4/h6,9,11-13,15,17H,7-8,10H2,1-5H3,(H,30,35). The van der Waals surface area contributed by atoms with Crippen LogP contribution in [0.15, 0.2) is 34.7 Å². The summed E-state index contributed by atoms with van der Waals surface area (Å²) in [4.78, 5) is 38.9. The molecule has 0 radical (unpaired) electrons. The molecular formula is C26H29F3N8O3S. The fourth-order valence-corrected chi connectivity index (χ4v) is 4.43. The van der Waals surface area contributed by atoms with Gasteiger partial charge >= 0.3 is 6.18 Å². The van der Waals surface area contributed by atoms with Crippen LogP contribution >= 0.6 is 0 Å². The summed E-state index contributed by atoms with van der Waals surface area (Å²) < 4.78 is 58.4. The van der Waals surface area contributed by atoms with Gasteiger partial charge in [-0.15, -0.1) is 0 Å². The highest BCUT2D eigenvalue weighted by Gasteiger charge is 2.40. The number of aryl methyl sites for hydroxylation is 1. The van der Waals surface area contributed by atoms with Gasteiger partial charge in [-0.2, -0.15) is 13.2 Å². The van der Waals surface area contributed by atoms with Crippen molar-refractivity contribution in [2.75, 3.05) is 30.6 Å². The van der Waals surface area contributed by atoms with E-state index < -0.39 is 23.0 Å². The van der Waals surface area contributed by atoms with Gasteiger partial charge in [0.1, 0.15) is 28.6 Å². The number of aliphatic imine (C=N–C) groups is 1. The quantitative estimate of drug-likeness (QED) is 0.211. The van der Waals surface area contributed by atoms with Crippen LogP contribution in [0.1, 0.15) is 42.6 Å². The first-order valence-corrected chi connectivity index (χ1v) is 14.1. The molecule has 15 heteroatoms. The van der Waals surface area contributed by atoms with Crippen LogP contribution in [-0.4, -0.2) is 73.9 Å². The SMILES string of the molecule is COc1ncnc(C2CC2)c1-c1nc(C)c(NC(C=O)=NCc2ccc(S(C)=O)nc2)c(N(C)C(C)C(F)(F)F)n1. The van der Waals surface area contributed by atoms with E-state index in [1.54, 1.807) is 19.1 Å². The zero-order valence-corrected chi connectivity index (χ0v) is 23.9. The number of methoxy groups -OCH3 is 1. The van der Waals surface area contributed by atoms with E-state index in [2.05, 4.69) is 35.2 Å². The van der Waals surface area contributed by atoms with Crippen molar-refractivity contribution in [3.63, 3.8) is 0 Å². The van der Waals surface area contributed by atoms with Crippen molar-refractivity contribution in [2.45, 2.75) is 56.4 Å². The van der Waals surface area contributed by atoms with Gasteiger partial charge in [-0.3, -0.25) is 14.0 Å². The van der Waals surface area contributed by atoms with Crippen LogP contribution in [0.5, 0.6) is 5.88 Å². The Labute approximate surface area is 237 Å². The number of rotatable bonds is 10. The van der Waals surface area contributed by atoms with Gasteiger partial charge in [-0.1, -0.05) is 6.07 Å². The maximum absolute atomic E-state index is 13.8. The lowest BCUT2D eigenvalue weighted by Gasteiger charge is -2.30. The maximum atomic E-state index is 13.8. The Bertz CT molecular complexity index is 1480. The summed E-state index contributed by atoms with van der Waals surface area (Å²) in [6.45, 7) is 2.64. The summed E-state index contributed by atoms with van der Waals surface area (Å²) in [5, 5.41) is 3.23. The van der Waals surface area contributed by atoms with Gasteiger partial charge in [0.25, 0.3) is 0 Å². The van der Waals surface area contributed by atoms with Crippen molar-refractivity contribution >= 4 is 34.4 Å². The van der Waals surface area contributed by atoms with Crippen molar-refractivity contribution in [1.82, 2.24) is 24.9 Å². The van der Waals surface area contributed by atoms with E-state index in [1.807, 2.05) is 0 Å². The van der Waals surface area contributed by atoms with Crippen LogP contribution in [0.2, 0.25) is 0 Å². The van der Waals surface area contributed by atoms with E-state index in [0.717, 1.165) is 24.7 Å². The number of alkyl halides is 3. The molecule has 1 fully saturated rings. The molecule has 0 aliphatic heterocycles. The fraction of sp³-hybridized carbons (Fsp3) is 0.423. The Hall–Kier alpha value is -4.01. The van der Waals surface area contributed by atoms with E-state index in [4.69, 9.17) is 4.74 Å². The number of nitrogens with one attached hydrogen (secondary N) is 1. The molecule has 11 nitrogen and oxygen atoms in total. The lowest BCUT2D eigenvalue weighted by atomic mass is 10.1. The van der Waals surface area contributed by atoms with Gasteiger partial charge in [0.15, 0.2) is 23.8 Å². The highest BCUT2D eigenvalue weighted by atomic mass is 32.2. The third kappa shape index (κ3) is 6.84. The highest BCUT2D eigenvalue weighted by molar-refractivity contribution is 7.84. The Balaban J connectivity index is 1.77. The third-order valence-electron chi connectivity index (χ3n) is 6.57. The molecule has 1 saturated carbocycles. The molecular weight excluding hydrogens is 561 g/mol. The predicted octanol–water partition coefficient (Wildman–Crippen LogP) is 3.86. The molecule has 0 amide bonds. The third-order valence-corrected chi connectivity index (χ3v) is 7.40. The van der Waals surface area contributed by atoms with E-state index >= 15 is 0 Å². The second-order valence-corrected chi connectivity index (χ2v) is 10.8. The number of carbonyl (C=O) groups is 1. The number of hydrogen-bond acceptors (Lipinski definition) is 10. The molecule has 41 heavy (non-hydrogen) atoms. The van der Waals surface area contributed by atoms with Crippen LogP contribution in [0, 0.1) is 6.92 Å². The molecule has 3 aromatic heterocycles. The van der Waals surface area contributed by atoms with Crippen molar-refractivity contribution in [1.29, 1.82) is 0 Å². The summed E-state index contributed by atoms with van der Waals surface area (Å²) in [5.74, 6) is 0.208. The van der Waals surface area contributed by atoms with Crippen molar-refractivity contribution in [3.8, 4) is 17.3 Å². The number of carbonyl (C=O) groups excluding carboxylic acids is 1. The van der Waals surface area contributed by atoms with Gasteiger partial charge < -0.3 is 15.0 Å². The Kier molecular flexibility index (Phi) is 8.95. The van der Waals surface area contributed by atoms with Crippen LogP contribution in [0.25, 0.3) is 11.4 Å². The fourth-order valence-electron chi connectivity index (χ4n) is 3.97. The molecule has 3 heterocycles. The molecule has 1 aliphatic rings. The summed E-state index contributed by atoms with van der Waals surface area (Å²) >= 11 is 0. The number of nitrogens with zero attached hydrogens (tertiary/aromatic N) is 7. The van der Waals surface area contributed by atoms with Crippen LogP contribution in [0.4, 0.5) is 24.7 Å². The average molecular weight is 591 g/mol. The second-order valence-electron chi connectivity index (χ2n) is 9.48. The molecule has 1 N–H and O–H groups in total. The molecule has 1 aliphatic carbocycles. The van der Waals surface area contributed by atoms with Gasteiger partial charge in [0.05, 0.1) is 35.8 Å². The second kappa shape index (κ2) is 12.2. The zero-order valence-electron chi connectivity index (χ0n) is 23.1. The number of ether oxygens (including phenoxy) is 1. The van der Waals surface area contributed by atoms with E-state index in [-0.39, 0.29) is 47.2 Å². The molecule has 3 aromatic rings. The van der Waals surface area contributed by atoms with Gasteiger partial charge in [-0.25, -0.2) is 24.9 Å². The molecule has 0 spiro atoms. The highest BCUT2D eigenvalue weighted by Crippen LogP contribution is 2.45. The van der Waals surface area contributed by atoms with Crippen LogP contribution in [-0.2, 0) is 22.1 Å². The first-order valence-electron chi connectivity index (χ1n) is 12.6. The topological polar surface area (TPSA) is 135 Å². The van der Waals surface area contributed by atoms with Crippen molar-refractivity contribution in [2.24, 2.45) is 4.99 Å². The lowest BCUT2D eigenvalue weighted by Crippen LogP contribution is -2.42. The number of hydrogen-bond donors (Lipinski definition) is 1. The molecule has 0 saturated heterocycles. The maximum Gasteiger partial charge on any atom is 0.408 e. The van der Waals surface area contributed by atoms with Crippen LogP contribution in [0.3, 0.4) is 0 Å². The van der Waals surface area contributed by atoms with E-state index in [1.165, 1.54) is 32.9 Å². The van der Waals surface area contributed by atoms with Gasteiger partial charge in [-0.05, 0) is 38.3 Å². The van der Waals surface area contributed by atoms with E-state index in [0.29, 0.717) is 28.1 Å². The lowest BCUT2D eigenvalue weighted by molar-refractivity contribution is -0.144. The summed E-state index contributed by atoms with van der Waals surface area (Å²) in [6.07, 6.45) is 2.05. The predicted molar refractivity (Wildman–Crippen MR) is 148 cm³/mol. The van der Waals surface area contributed by atoms with Crippen molar-refractivity contribution < 1.29 is 26.9 Å². The summed E-state index contributed by atoms with van der Waals surface area (Å²) in [5.41, 5.74) is 2.06. The first-order chi connectivity index (χ1) is 19.4. The van der Waals surface area contributed by atoms with Crippen molar-refractivity contribution in [3.05, 3.63) is 41.6 Å². The number of amidine groups is 1. The van der Waals surface area contributed by atoms with Crippen LogP contribution < -0.4 is 15.0 Å². The number of aromatic nitrogens is 5. The van der Waals surface area contributed by atoms with Gasteiger partial charge in [0.2, 0.25) is 5.88 Å². The molecule has 0 aromatic carbocycles. The zero-order chi connectivity index (χ0) is 29.9. The smallest absolute Gasteiger partial charge is 0.408 e. The minimum absolute atomic E-state index is 0.0378. The minimum Gasteiger partial charge on any atom is -0.480 e. The summed E-state index contributed by atoms with van der Waals surface area (Å²) in [6, 6.07) is 1.34. The molecule has 0 bridgehead atoms. The normalized spacial score (nSPS) is 15.3. The monoisotopic (exact) mass is 590 g/mol. The van der Waals surface area contributed by atoms with E-state index in [9.17, 15) is 22.2 Å². The average Bonchev–Trinajstić information content (AvgIpc) is 3.80. The number of aldehydes is 1. The minimum atomic E-state index is -4.57. The number of pyridine rings is 1. The summed E-state index contributed by atoms with van der Waals surface area (Å²) in [7, 11) is 1.45. The molecule has 4 rings (SSSR count). The molecule has 218 valence electrons. The Morgan fingerprint density at radius 1 is 1.27 bits per heavy atom. The Morgan fingerprint density at radius 2 is 2.00 bits per heavy atom. The molecule has 2 atom stereocenters. The number of halogens is 3. The Morgan fingerprint density at radius 3 is 2.56 bits per heavy atom.